The van der Waals surface area contributed by atoms with E-state index in [2.05, 4.69) is 0 Å². The molecule has 0 unspecified atom stereocenters. The normalized spacial score (nSPS) is 16.0. The highest BCUT2D eigenvalue weighted by molar-refractivity contribution is 5.83. The van der Waals surface area contributed by atoms with Crippen molar-refractivity contribution in [2.24, 2.45) is 5.73 Å². The number of carbonyl (C=O) groups is 1. The number of rotatable bonds is 5. The first-order valence-corrected chi connectivity index (χ1v) is 3.31. The molecule has 5 N–H and O–H groups in total. The van der Waals surface area contributed by atoms with E-state index in [1.807, 2.05) is 0 Å². The first-order valence-electron chi connectivity index (χ1n) is 3.31. The number of Topliss-reactive ketones (excluding diaryl/α,β-unsaturated/α-hetero) is 1. The molecule has 0 aromatic carbocycles. The highest BCUT2D eigenvalue weighted by Gasteiger charge is 2.16. The van der Waals surface area contributed by atoms with Crippen LogP contribution in [0.1, 0.15) is 6.42 Å². The Labute approximate surface area is 64.4 Å². The van der Waals surface area contributed by atoms with E-state index in [0.29, 0.717) is 0 Å². The number of nitrogens with two attached hydrogens (primary N) is 1. The van der Waals surface area contributed by atoms with Gasteiger partial charge in [-0.15, -0.1) is 0 Å². The zero-order valence-electron chi connectivity index (χ0n) is 6.10. The molecular weight excluding hydrogens is 150 g/mol. The predicted molar refractivity (Wildman–Crippen MR) is 37.8 cm³/mol. The van der Waals surface area contributed by atoms with Crippen LogP contribution >= 0.6 is 0 Å². The molecule has 11 heavy (non-hydrogen) atoms. The van der Waals surface area contributed by atoms with Gasteiger partial charge < -0.3 is 21.1 Å². The summed E-state index contributed by atoms with van der Waals surface area (Å²) in [4.78, 5) is 10.7. The summed E-state index contributed by atoms with van der Waals surface area (Å²) in [6.07, 6.45) is -2.57. The second-order valence-electron chi connectivity index (χ2n) is 2.26. The van der Waals surface area contributed by atoms with E-state index in [4.69, 9.17) is 21.1 Å². The molecule has 5 nitrogen and oxygen atoms in total. The minimum atomic E-state index is -1.23. The third-order valence-electron chi connectivity index (χ3n) is 1.24. The molecule has 2 atom stereocenters. The number of carbonyl (C=O) groups excluding carboxylic acids is 1. The maximum Gasteiger partial charge on any atom is 0.165 e. The lowest BCUT2D eigenvalue weighted by molar-refractivity contribution is -0.129. The van der Waals surface area contributed by atoms with Crippen LogP contribution in [-0.4, -0.2) is 46.5 Å². The van der Waals surface area contributed by atoms with Gasteiger partial charge in [0.05, 0.1) is 12.7 Å². The summed E-state index contributed by atoms with van der Waals surface area (Å²) < 4.78 is 0. The van der Waals surface area contributed by atoms with Crippen LogP contribution in [0.5, 0.6) is 0 Å². The summed E-state index contributed by atoms with van der Waals surface area (Å²) in [7, 11) is 0. The molecule has 0 fully saturated rings. The molecule has 0 aromatic rings. The molecular formula is C6H13NO4. The minimum absolute atomic E-state index is 0.156. The fourth-order valence-electron chi connectivity index (χ4n) is 0.564. The quantitative estimate of drug-likeness (QED) is 0.362. The second kappa shape index (κ2) is 5.20. The average molecular weight is 163 g/mol. The zero-order chi connectivity index (χ0) is 8.85. The maximum absolute atomic E-state index is 10.7. The Morgan fingerprint density at radius 1 is 1.45 bits per heavy atom. The van der Waals surface area contributed by atoms with Crippen LogP contribution in [0.25, 0.3) is 0 Å². The van der Waals surface area contributed by atoms with Gasteiger partial charge in [-0.1, -0.05) is 0 Å². The molecule has 0 spiro atoms. The summed E-state index contributed by atoms with van der Waals surface area (Å²) in [6.45, 7) is -0.639. The number of hydrogen-bond donors (Lipinski definition) is 4. The highest BCUT2D eigenvalue weighted by atomic mass is 16.3. The van der Waals surface area contributed by atoms with Gasteiger partial charge in [0.15, 0.2) is 5.78 Å². The molecule has 0 amide bonds. The van der Waals surface area contributed by atoms with E-state index < -0.39 is 24.6 Å². The van der Waals surface area contributed by atoms with Crippen molar-refractivity contribution in [1.29, 1.82) is 0 Å². The summed E-state index contributed by atoms with van der Waals surface area (Å²) in [5.74, 6) is -0.547. The molecule has 0 radical (unpaired) electrons. The van der Waals surface area contributed by atoms with Crippen molar-refractivity contribution < 1.29 is 20.1 Å². The van der Waals surface area contributed by atoms with Crippen LogP contribution in [0, 0.1) is 0 Å². The van der Waals surface area contributed by atoms with Gasteiger partial charge in [-0.25, -0.2) is 0 Å². The number of hydrogen-bond acceptors (Lipinski definition) is 5. The van der Waals surface area contributed by atoms with Crippen molar-refractivity contribution in [3.8, 4) is 0 Å². The molecule has 0 aliphatic heterocycles. The summed E-state index contributed by atoms with van der Waals surface area (Å²) in [6, 6.07) is 0. The van der Waals surface area contributed by atoms with E-state index in [1.165, 1.54) is 0 Å². The molecule has 0 heterocycles. The first-order chi connectivity index (χ1) is 5.11. The zero-order valence-corrected chi connectivity index (χ0v) is 6.10. The number of aliphatic hydroxyl groups excluding tert-OH is 3. The molecule has 0 bridgehead atoms. The van der Waals surface area contributed by atoms with Crippen molar-refractivity contribution in [3.05, 3.63) is 0 Å². The van der Waals surface area contributed by atoms with E-state index >= 15 is 0 Å². The van der Waals surface area contributed by atoms with Gasteiger partial charge in [0, 0.05) is 13.0 Å². The Morgan fingerprint density at radius 3 is 2.36 bits per heavy atom. The molecule has 66 valence electrons. The third kappa shape index (κ3) is 4.05. The molecule has 0 aromatic heterocycles. The Balaban J connectivity index is 3.68. The molecule has 0 saturated heterocycles. The van der Waals surface area contributed by atoms with Crippen LogP contribution in [0.3, 0.4) is 0 Å². The van der Waals surface area contributed by atoms with Gasteiger partial charge in [0.25, 0.3) is 0 Å². The number of aliphatic hydroxyl groups is 3. The Kier molecular flexibility index (Phi) is 4.97. The fraction of sp³-hybridized carbons (Fsp3) is 0.833. The Bertz CT molecular complexity index is 128. The standard InChI is InChI=1S/C6H13NO4/c7-2-6(11)5(10)1-4(9)3-8/h4,6,8-9,11H,1-3,7H2/t4-,6-/m0/s1. The number of ketones is 1. The lowest BCUT2D eigenvalue weighted by Gasteiger charge is -2.08. The lowest BCUT2D eigenvalue weighted by Crippen LogP contribution is -2.32. The smallest absolute Gasteiger partial charge is 0.165 e. The average Bonchev–Trinajstić information content (AvgIpc) is 2.02. The van der Waals surface area contributed by atoms with Crippen LogP contribution < -0.4 is 5.73 Å². The van der Waals surface area contributed by atoms with Crippen LogP contribution in [0.4, 0.5) is 0 Å². The van der Waals surface area contributed by atoms with Crippen LogP contribution in [-0.2, 0) is 4.79 Å². The van der Waals surface area contributed by atoms with Crippen molar-refractivity contribution in [2.75, 3.05) is 13.2 Å². The molecule has 0 aliphatic carbocycles. The topological polar surface area (TPSA) is 104 Å². The molecule has 0 aliphatic rings. The van der Waals surface area contributed by atoms with Gasteiger partial charge in [-0.2, -0.15) is 0 Å². The maximum atomic E-state index is 10.7. The van der Waals surface area contributed by atoms with Crippen molar-refractivity contribution in [2.45, 2.75) is 18.6 Å². The Hall–Kier alpha value is -0.490. The van der Waals surface area contributed by atoms with E-state index in [1.54, 1.807) is 0 Å². The van der Waals surface area contributed by atoms with Crippen molar-refractivity contribution in [1.82, 2.24) is 0 Å². The largest absolute Gasteiger partial charge is 0.394 e. The molecule has 0 saturated carbocycles. The summed E-state index contributed by atoms with van der Waals surface area (Å²) in [5.41, 5.74) is 4.98. The van der Waals surface area contributed by atoms with Gasteiger partial charge in [-0.3, -0.25) is 4.79 Å². The van der Waals surface area contributed by atoms with E-state index in [-0.39, 0.29) is 13.0 Å². The molecule has 5 heteroatoms. The first kappa shape index (κ1) is 10.5. The SMILES string of the molecule is NC[C@H](O)C(=O)C[C@H](O)CO. The van der Waals surface area contributed by atoms with E-state index in [9.17, 15) is 4.79 Å². The molecule has 0 rings (SSSR count). The van der Waals surface area contributed by atoms with Crippen molar-refractivity contribution >= 4 is 5.78 Å². The predicted octanol–water partition coefficient (Wildman–Crippen LogP) is -2.38. The van der Waals surface area contributed by atoms with Gasteiger partial charge in [0.1, 0.15) is 6.10 Å². The lowest BCUT2D eigenvalue weighted by atomic mass is 10.1. The highest BCUT2D eigenvalue weighted by Crippen LogP contribution is 1.95. The summed E-state index contributed by atoms with van der Waals surface area (Å²) >= 11 is 0. The van der Waals surface area contributed by atoms with Gasteiger partial charge >= 0.3 is 0 Å². The van der Waals surface area contributed by atoms with Gasteiger partial charge in [-0.05, 0) is 0 Å². The second-order valence-corrected chi connectivity index (χ2v) is 2.26. The summed E-state index contributed by atoms with van der Waals surface area (Å²) in [5, 5.41) is 25.9. The third-order valence-corrected chi connectivity index (χ3v) is 1.24. The monoisotopic (exact) mass is 163 g/mol. The fourth-order valence-corrected chi connectivity index (χ4v) is 0.564. The van der Waals surface area contributed by atoms with Crippen LogP contribution in [0.15, 0.2) is 0 Å². The Morgan fingerprint density at radius 2 is 2.00 bits per heavy atom. The van der Waals surface area contributed by atoms with Crippen LogP contribution in [0.2, 0.25) is 0 Å². The van der Waals surface area contributed by atoms with Gasteiger partial charge in [0.2, 0.25) is 0 Å². The minimum Gasteiger partial charge on any atom is -0.394 e. The van der Waals surface area contributed by atoms with E-state index in [0.717, 1.165) is 0 Å². The van der Waals surface area contributed by atoms with Crippen molar-refractivity contribution in [3.63, 3.8) is 0 Å².